The van der Waals surface area contributed by atoms with E-state index in [-0.39, 0.29) is 5.91 Å². The van der Waals surface area contributed by atoms with Crippen LogP contribution in [0.3, 0.4) is 0 Å². The molecule has 0 aromatic heterocycles. The van der Waals surface area contributed by atoms with Gasteiger partial charge >= 0.3 is 0 Å². The minimum atomic E-state index is -0.265. The van der Waals surface area contributed by atoms with Crippen LogP contribution in [0.1, 0.15) is 15.9 Å². The Morgan fingerprint density at radius 2 is 1.95 bits per heavy atom. The summed E-state index contributed by atoms with van der Waals surface area (Å²) in [5.41, 5.74) is 2.03. The topological polar surface area (TPSA) is 38.3 Å². The van der Waals surface area contributed by atoms with Crippen LogP contribution >= 0.6 is 43.5 Å². The summed E-state index contributed by atoms with van der Waals surface area (Å²) in [6, 6.07) is 8.88. The van der Waals surface area contributed by atoms with Crippen LogP contribution in [-0.4, -0.2) is 13.0 Å². The van der Waals surface area contributed by atoms with Crippen LogP contribution in [0.15, 0.2) is 39.3 Å². The summed E-state index contributed by atoms with van der Waals surface area (Å²) in [5.74, 6) is 0.217. The molecule has 0 fully saturated rings. The van der Waals surface area contributed by atoms with Gasteiger partial charge in [-0.3, -0.25) is 4.79 Å². The highest BCUT2D eigenvalue weighted by molar-refractivity contribution is 9.11. The second kappa shape index (κ2) is 6.81. The number of aryl methyl sites for hydroxylation is 1. The van der Waals surface area contributed by atoms with Crippen molar-refractivity contribution in [2.24, 2.45) is 0 Å². The Labute approximate surface area is 144 Å². The molecule has 21 heavy (non-hydrogen) atoms. The predicted octanol–water partition coefficient (Wildman–Crippen LogP) is 5.43. The van der Waals surface area contributed by atoms with Crippen molar-refractivity contribution in [3.05, 3.63) is 55.4 Å². The van der Waals surface area contributed by atoms with Crippen LogP contribution in [0.5, 0.6) is 5.75 Å². The van der Waals surface area contributed by atoms with Crippen molar-refractivity contribution in [3.8, 4) is 5.75 Å². The van der Waals surface area contributed by atoms with Crippen molar-refractivity contribution in [3.63, 3.8) is 0 Å². The molecule has 0 saturated carbocycles. The Morgan fingerprint density at radius 3 is 2.62 bits per heavy atom. The van der Waals surface area contributed by atoms with Gasteiger partial charge in [-0.25, -0.2) is 0 Å². The van der Waals surface area contributed by atoms with E-state index in [0.29, 0.717) is 26.5 Å². The molecule has 2 rings (SSSR count). The van der Waals surface area contributed by atoms with Gasteiger partial charge in [-0.05, 0) is 52.7 Å². The van der Waals surface area contributed by atoms with E-state index in [2.05, 4.69) is 37.2 Å². The number of anilines is 1. The molecule has 0 unspecified atom stereocenters. The van der Waals surface area contributed by atoms with Gasteiger partial charge in [-0.2, -0.15) is 0 Å². The molecule has 0 spiro atoms. The van der Waals surface area contributed by atoms with E-state index in [4.69, 9.17) is 16.3 Å². The Hall–Kier alpha value is -1.04. The first-order chi connectivity index (χ1) is 9.92. The van der Waals surface area contributed by atoms with E-state index in [9.17, 15) is 4.79 Å². The minimum absolute atomic E-state index is 0.265. The van der Waals surface area contributed by atoms with E-state index in [1.165, 1.54) is 7.11 Å². The molecule has 0 bridgehead atoms. The Morgan fingerprint density at radius 1 is 1.24 bits per heavy atom. The van der Waals surface area contributed by atoms with Gasteiger partial charge < -0.3 is 10.1 Å². The summed E-state index contributed by atoms with van der Waals surface area (Å²) < 4.78 is 6.77. The molecular weight excluding hydrogens is 421 g/mol. The first-order valence-corrected chi connectivity index (χ1v) is 7.99. The lowest BCUT2D eigenvalue weighted by molar-refractivity contribution is 0.102. The third-order valence-electron chi connectivity index (χ3n) is 2.90. The lowest BCUT2D eigenvalue weighted by Gasteiger charge is -2.13. The van der Waals surface area contributed by atoms with Gasteiger partial charge in [-0.15, -0.1) is 0 Å². The summed E-state index contributed by atoms with van der Waals surface area (Å²) >= 11 is 12.7. The summed E-state index contributed by atoms with van der Waals surface area (Å²) in [6.45, 7) is 1.90. The summed E-state index contributed by atoms with van der Waals surface area (Å²) in [6.07, 6.45) is 0. The molecule has 2 aromatic rings. The fourth-order valence-corrected chi connectivity index (χ4v) is 3.41. The highest BCUT2D eigenvalue weighted by Crippen LogP contribution is 2.33. The number of hydrogen-bond donors (Lipinski definition) is 1. The maximum atomic E-state index is 12.5. The van der Waals surface area contributed by atoms with Crippen molar-refractivity contribution < 1.29 is 9.53 Å². The predicted molar refractivity (Wildman–Crippen MR) is 92.5 cm³/mol. The molecule has 1 N–H and O–H groups in total. The van der Waals surface area contributed by atoms with E-state index >= 15 is 0 Å². The smallest absolute Gasteiger partial charge is 0.259 e. The zero-order valence-electron chi connectivity index (χ0n) is 11.3. The molecule has 1 amide bonds. The van der Waals surface area contributed by atoms with Crippen LogP contribution in [0, 0.1) is 6.92 Å². The molecule has 0 atom stereocenters. The molecule has 3 nitrogen and oxygen atoms in total. The fourth-order valence-electron chi connectivity index (χ4n) is 1.86. The van der Waals surface area contributed by atoms with Crippen molar-refractivity contribution in [1.29, 1.82) is 0 Å². The monoisotopic (exact) mass is 431 g/mol. The van der Waals surface area contributed by atoms with Gasteiger partial charge in [0.1, 0.15) is 5.75 Å². The average molecular weight is 434 g/mol. The van der Waals surface area contributed by atoms with Crippen LogP contribution in [0.2, 0.25) is 5.02 Å². The second-order valence-corrected chi connectivity index (χ2v) is 6.59. The van der Waals surface area contributed by atoms with E-state index < -0.39 is 0 Å². The van der Waals surface area contributed by atoms with E-state index in [1.807, 2.05) is 19.1 Å². The van der Waals surface area contributed by atoms with Crippen LogP contribution < -0.4 is 10.1 Å². The Kier molecular flexibility index (Phi) is 5.30. The number of carbonyl (C=O) groups is 1. The Bertz CT molecular complexity index is 704. The van der Waals surface area contributed by atoms with Crippen LogP contribution in [0.4, 0.5) is 5.69 Å². The molecule has 0 saturated heterocycles. The average Bonchev–Trinajstić information content (AvgIpc) is 2.42. The SMILES string of the molecule is COc1c(Br)cc(Br)cc1C(=O)Nc1cc(Cl)ccc1C. The zero-order valence-corrected chi connectivity index (χ0v) is 15.3. The first-order valence-electron chi connectivity index (χ1n) is 6.03. The standard InChI is InChI=1S/C15H12Br2ClNO2/c1-8-3-4-10(18)7-13(8)19-15(20)11-5-9(16)6-12(17)14(11)21-2/h3-7H,1-2H3,(H,19,20). The molecule has 0 aliphatic rings. The lowest BCUT2D eigenvalue weighted by atomic mass is 10.1. The second-order valence-electron chi connectivity index (χ2n) is 4.38. The third kappa shape index (κ3) is 3.78. The molecule has 0 aliphatic carbocycles. The van der Waals surface area contributed by atoms with Gasteiger partial charge in [0.05, 0.1) is 17.1 Å². The van der Waals surface area contributed by atoms with Crippen molar-refractivity contribution in [2.45, 2.75) is 6.92 Å². The minimum Gasteiger partial charge on any atom is -0.495 e. The molecule has 0 aliphatic heterocycles. The van der Waals surface area contributed by atoms with Gasteiger partial charge in [0.25, 0.3) is 5.91 Å². The number of amides is 1. The van der Waals surface area contributed by atoms with Crippen molar-refractivity contribution >= 4 is 55.1 Å². The Balaban J connectivity index is 2.39. The number of carbonyl (C=O) groups excluding carboxylic acids is 1. The summed E-state index contributed by atoms with van der Waals surface area (Å²) in [4.78, 5) is 12.5. The number of hydrogen-bond acceptors (Lipinski definition) is 2. The number of nitrogens with one attached hydrogen (secondary N) is 1. The van der Waals surface area contributed by atoms with E-state index in [1.54, 1.807) is 18.2 Å². The molecule has 0 heterocycles. The molecule has 6 heteroatoms. The third-order valence-corrected chi connectivity index (χ3v) is 4.19. The fraction of sp³-hybridized carbons (Fsp3) is 0.133. The highest BCUT2D eigenvalue weighted by atomic mass is 79.9. The zero-order chi connectivity index (χ0) is 15.6. The van der Waals surface area contributed by atoms with Crippen molar-refractivity contribution in [2.75, 3.05) is 12.4 Å². The molecule has 110 valence electrons. The van der Waals surface area contributed by atoms with Crippen LogP contribution in [-0.2, 0) is 0 Å². The number of benzene rings is 2. The van der Waals surface area contributed by atoms with Gasteiger partial charge in [0, 0.05) is 15.2 Å². The molecule has 0 radical (unpaired) electrons. The summed E-state index contributed by atoms with van der Waals surface area (Å²) in [7, 11) is 1.52. The molecular formula is C15H12Br2ClNO2. The van der Waals surface area contributed by atoms with Gasteiger partial charge in [-0.1, -0.05) is 33.6 Å². The number of rotatable bonds is 3. The van der Waals surface area contributed by atoms with Gasteiger partial charge in [0.2, 0.25) is 0 Å². The maximum absolute atomic E-state index is 12.5. The number of halogens is 3. The van der Waals surface area contributed by atoms with E-state index in [0.717, 1.165) is 10.0 Å². The lowest BCUT2D eigenvalue weighted by Crippen LogP contribution is -2.14. The maximum Gasteiger partial charge on any atom is 0.259 e. The first kappa shape index (κ1) is 16.3. The number of methoxy groups -OCH3 is 1. The normalized spacial score (nSPS) is 10.3. The van der Waals surface area contributed by atoms with Gasteiger partial charge in [0.15, 0.2) is 0 Å². The quantitative estimate of drug-likeness (QED) is 0.701. The van der Waals surface area contributed by atoms with Crippen molar-refractivity contribution in [1.82, 2.24) is 0 Å². The van der Waals surface area contributed by atoms with Crippen LogP contribution in [0.25, 0.3) is 0 Å². The number of ether oxygens (including phenoxy) is 1. The molecule has 2 aromatic carbocycles. The highest BCUT2D eigenvalue weighted by Gasteiger charge is 2.17. The largest absolute Gasteiger partial charge is 0.495 e. The summed E-state index contributed by atoms with van der Waals surface area (Å²) in [5, 5.41) is 3.42.